The Morgan fingerprint density at radius 3 is 2.53 bits per heavy atom. The molecule has 1 aromatic carbocycles. The molecule has 0 radical (unpaired) electrons. The molecule has 0 saturated carbocycles. The lowest BCUT2D eigenvalue weighted by Crippen LogP contribution is -2.04. The van der Waals surface area contributed by atoms with Gasteiger partial charge in [-0.2, -0.15) is 0 Å². The molecule has 0 aliphatic carbocycles. The van der Waals surface area contributed by atoms with Crippen molar-refractivity contribution in [3.63, 3.8) is 0 Å². The Labute approximate surface area is 113 Å². The lowest BCUT2D eigenvalue weighted by Gasteiger charge is -2.09. The van der Waals surface area contributed by atoms with Gasteiger partial charge in [0.1, 0.15) is 17.9 Å². The summed E-state index contributed by atoms with van der Waals surface area (Å²) in [5.74, 6) is 2.23. The highest BCUT2D eigenvalue weighted by Gasteiger charge is 2.02. The summed E-state index contributed by atoms with van der Waals surface area (Å²) in [5, 5.41) is 3.01. The van der Waals surface area contributed by atoms with Crippen LogP contribution in [0.4, 0.5) is 5.82 Å². The summed E-state index contributed by atoms with van der Waals surface area (Å²) in [6.07, 6.45) is 1.56. The summed E-state index contributed by atoms with van der Waals surface area (Å²) in [4.78, 5) is 8.37. The van der Waals surface area contributed by atoms with Crippen LogP contribution in [0.1, 0.15) is 13.8 Å². The molecular formula is C15H19N3O. The molecule has 1 N–H and O–H groups in total. The number of nitrogens with one attached hydrogen (secondary N) is 1. The zero-order chi connectivity index (χ0) is 13.7. The van der Waals surface area contributed by atoms with Gasteiger partial charge < -0.3 is 10.1 Å². The van der Waals surface area contributed by atoms with Crippen molar-refractivity contribution in [1.29, 1.82) is 0 Å². The van der Waals surface area contributed by atoms with Crippen molar-refractivity contribution in [1.82, 2.24) is 9.97 Å². The largest absolute Gasteiger partial charge is 0.493 e. The highest BCUT2D eigenvalue weighted by atomic mass is 16.5. The summed E-state index contributed by atoms with van der Waals surface area (Å²) >= 11 is 0. The van der Waals surface area contributed by atoms with E-state index in [0.29, 0.717) is 5.92 Å². The van der Waals surface area contributed by atoms with Crippen molar-refractivity contribution < 1.29 is 4.74 Å². The molecule has 0 spiro atoms. The molecule has 0 aliphatic rings. The maximum atomic E-state index is 5.66. The standard InChI is InChI=1S/C15H19N3O/c1-11(2)9-19-13-6-4-12(5-7-13)14-8-15(16-3)18-10-17-14/h4-8,10-11H,9H2,1-3H3,(H,16,17,18). The Balaban J connectivity index is 2.13. The van der Waals surface area contributed by atoms with Crippen molar-refractivity contribution in [2.24, 2.45) is 5.92 Å². The second kappa shape index (κ2) is 6.18. The van der Waals surface area contributed by atoms with E-state index in [1.54, 1.807) is 6.33 Å². The maximum absolute atomic E-state index is 5.66. The van der Waals surface area contributed by atoms with E-state index in [9.17, 15) is 0 Å². The van der Waals surface area contributed by atoms with E-state index in [-0.39, 0.29) is 0 Å². The van der Waals surface area contributed by atoms with Crippen molar-refractivity contribution in [2.45, 2.75) is 13.8 Å². The molecule has 4 heteroatoms. The first-order valence-corrected chi connectivity index (χ1v) is 6.42. The lowest BCUT2D eigenvalue weighted by atomic mass is 10.1. The van der Waals surface area contributed by atoms with Crippen molar-refractivity contribution in [2.75, 3.05) is 19.0 Å². The van der Waals surface area contributed by atoms with Crippen LogP contribution in [0.25, 0.3) is 11.3 Å². The smallest absolute Gasteiger partial charge is 0.129 e. The minimum atomic E-state index is 0.528. The number of nitrogens with zero attached hydrogens (tertiary/aromatic N) is 2. The van der Waals surface area contributed by atoms with E-state index in [2.05, 4.69) is 29.1 Å². The predicted octanol–water partition coefficient (Wildman–Crippen LogP) is 3.22. The van der Waals surface area contributed by atoms with Gasteiger partial charge >= 0.3 is 0 Å². The summed E-state index contributed by atoms with van der Waals surface area (Å²) in [7, 11) is 1.84. The Bertz CT molecular complexity index is 523. The van der Waals surface area contributed by atoms with Gasteiger partial charge in [-0.15, -0.1) is 0 Å². The second-order valence-corrected chi connectivity index (χ2v) is 4.77. The number of hydrogen-bond acceptors (Lipinski definition) is 4. The van der Waals surface area contributed by atoms with Crippen LogP contribution in [0.3, 0.4) is 0 Å². The van der Waals surface area contributed by atoms with Crippen LogP contribution in [0.2, 0.25) is 0 Å². The molecule has 0 aliphatic heterocycles. The van der Waals surface area contributed by atoms with Gasteiger partial charge in [0.25, 0.3) is 0 Å². The van der Waals surface area contributed by atoms with Gasteiger partial charge in [-0.25, -0.2) is 9.97 Å². The Morgan fingerprint density at radius 2 is 1.89 bits per heavy atom. The molecule has 0 amide bonds. The monoisotopic (exact) mass is 257 g/mol. The average molecular weight is 257 g/mol. The number of hydrogen-bond donors (Lipinski definition) is 1. The number of aromatic nitrogens is 2. The predicted molar refractivity (Wildman–Crippen MR) is 77.3 cm³/mol. The van der Waals surface area contributed by atoms with Crippen molar-refractivity contribution in [3.8, 4) is 17.0 Å². The van der Waals surface area contributed by atoms with Gasteiger partial charge in [-0.1, -0.05) is 13.8 Å². The van der Waals surface area contributed by atoms with Crippen LogP contribution in [0.15, 0.2) is 36.7 Å². The van der Waals surface area contributed by atoms with E-state index in [1.807, 2.05) is 37.4 Å². The highest BCUT2D eigenvalue weighted by Crippen LogP contribution is 2.22. The number of benzene rings is 1. The fraction of sp³-hybridized carbons (Fsp3) is 0.333. The third-order valence-corrected chi connectivity index (χ3v) is 2.66. The molecule has 4 nitrogen and oxygen atoms in total. The zero-order valence-corrected chi connectivity index (χ0v) is 11.6. The van der Waals surface area contributed by atoms with E-state index >= 15 is 0 Å². The summed E-state index contributed by atoms with van der Waals surface area (Å²) in [6, 6.07) is 9.89. The molecule has 19 heavy (non-hydrogen) atoms. The van der Waals surface area contributed by atoms with Crippen LogP contribution < -0.4 is 10.1 Å². The molecular weight excluding hydrogens is 238 g/mol. The third-order valence-electron chi connectivity index (χ3n) is 2.66. The molecule has 2 rings (SSSR count). The van der Waals surface area contributed by atoms with E-state index in [0.717, 1.165) is 29.4 Å². The number of rotatable bonds is 5. The Hall–Kier alpha value is -2.10. The first kappa shape index (κ1) is 13.3. The van der Waals surface area contributed by atoms with Crippen LogP contribution in [0.5, 0.6) is 5.75 Å². The van der Waals surface area contributed by atoms with Gasteiger partial charge in [-0.3, -0.25) is 0 Å². The molecule has 0 saturated heterocycles. The first-order valence-electron chi connectivity index (χ1n) is 6.42. The maximum Gasteiger partial charge on any atom is 0.129 e. The SMILES string of the molecule is CNc1cc(-c2ccc(OCC(C)C)cc2)ncn1. The minimum absolute atomic E-state index is 0.528. The topological polar surface area (TPSA) is 47.0 Å². The molecule has 0 fully saturated rings. The number of ether oxygens (including phenoxy) is 1. The first-order chi connectivity index (χ1) is 9.19. The van der Waals surface area contributed by atoms with Crippen LogP contribution >= 0.6 is 0 Å². The van der Waals surface area contributed by atoms with Crippen LogP contribution in [-0.2, 0) is 0 Å². The van der Waals surface area contributed by atoms with E-state index < -0.39 is 0 Å². The van der Waals surface area contributed by atoms with Crippen molar-refractivity contribution >= 4 is 5.82 Å². The van der Waals surface area contributed by atoms with Crippen LogP contribution in [-0.4, -0.2) is 23.6 Å². The van der Waals surface area contributed by atoms with E-state index in [1.165, 1.54) is 0 Å². The van der Waals surface area contributed by atoms with Gasteiger partial charge in [0.2, 0.25) is 0 Å². The molecule has 2 aromatic rings. The Morgan fingerprint density at radius 1 is 1.16 bits per heavy atom. The lowest BCUT2D eigenvalue weighted by molar-refractivity contribution is 0.271. The highest BCUT2D eigenvalue weighted by molar-refractivity contribution is 5.62. The average Bonchev–Trinajstić information content (AvgIpc) is 2.45. The van der Waals surface area contributed by atoms with Gasteiger partial charge in [0.05, 0.1) is 12.3 Å². The molecule has 1 aromatic heterocycles. The minimum Gasteiger partial charge on any atom is -0.493 e. The third kappa shape index (κ3) is 3.68. The molecule has 0 bridgehead atoms. The van der Waals surface area contributed by atoms with Crippen LogP contribution in [0, 0.1) is 5.92 Å². The van der Waals surface area contributed by atoms with Gasteiger partial charge in [0, 0.05) is 18.7 Å². The normalized spacial score (nSPS) is 10.5. The summed E-state index contributed by atoms with van der Waals surface area (Å²) < 4.78 is 5.66. The molecule has 100 valence electrons. The number of anilines is 1. The zero-order valence-electron chi connectivity index (χ0n) is 11.6. The summed E-state index contributed by atoms with van der Waals surface area (Å²) in [6.45, 7) is 5.00. The fourth-order valence-electron chi connectivity index (χ4n) is 1.64. The van der Waals surface area contributed by atoms with Crippen molar-refractivity contribution in [3.05, 3.63) is 36.7 Å². The molecule has 0 unspecified atom stereocenters. The summed E-state index contributed by atoms with van der Waals surface area (Å²) in [5.41, 5.74) is 1.95. The van der Waals surface area contributed by atoms with E-state index in [4.69, 9.17) is 4.74 Å². The van der Waals surface area contributed by atoms with Gasteiger partial charge in [0.15, 0.2) is 0 Å². The second-order valence-electron chi connectivity index (χ2n) is 4.77. The Kier molecular flexibility index (Phi) is 4.34. The fourth-order valence-corrected chi connectivity index (χ4v) is 1.64. The molecule has 0 atom stereocenters. The quantitative estimate of drug-likeness (QED) is 0.893. The molecule has 1 heterocycles. The van der Waals surface area contributed by atoms with Gasteiger partial charge in [-0.05, 0) is 30.2 Å².